The molecule has 2 rings (SSSR count). The number of methoxy groups -OCH3 is 1. The molecule has 0 aromatic carbocycles. The van der Waals surface area contributed by atoms with Crippen molar-refractivity contribution in [2.24, 2.45) is 4.99 Å². The molecule has 1 unspecified atom stereocenters. The van der Waals surface area contributed by atoms with Crippen LogP contribution in [-0.4, -0.2) is 82.3 Å². The minimum Gasteiger partial charge on any atom is -0.385 e. The number of likely N-dealkylation sites (tertiary alicyclic amines) is 1. The molecule has 0 amide bonds. The Morgan fingerprint density at radius 1 is 1.33 bits per heavy atom. The van der Waals surface area contributed by atoms with Crippen molar-refractivity contribution in [3.05, 3.63) is 22.4 Å². The summed E-state index contributed by atoms with van der Waals surface area (Å²) in [6.45, 7) is 9.94. The van der Waals surface area contributed by atoms with Gasteiger partial charge in [-0.2, -0.15) is 0 Å². The Hall–Kier alpha value is -1.15. The normalized spacial score (nSPS) is 16.8. The van der Waals surface area contributed by atoms with E-state index in [1.165, 1.54) is 30.8 Å². The topological polar surface area (TPSA) is 52.1 Å². The van der Waals surface area contributed by atoms with Crippen LogP contribution in [0.25, 0.3) is 0 Å². The standard InChI is InChI=1S/C20H37N5OS/c1-4-21-20(22-10-14-24(2)11-8-15-26-3)23-17-18(19-9-7-16-27-19)25-12-5-6-13-25/h7,9,16,18H,4-6,8,10-15,17H2,1-3H3,(H2,21,22,23). The molecule has 7 heteroatoms. The van der Waals surface area contributed by atoms with Crippen LogP contribution in [0.3, 0.4) is 0 Å². The molecular formula is C20H37N5OS. The zero-order chi connectivity index (χ0) is 19.3. The lowest BCUT2D eigenvalue weighted by Crippen LogP contribution is -2.41. The predicted octanol–water partition coefficient (Wildman–Crippen LogP) is 2.41. The molecule has 6 nitrogen and oxygen atoms in total. The molecule has 2 N–H and O–H groups in total. The van der Waals surface area contributed by atoms with Crippen LogP contribution in [0.1, 0.15) is 37.1 Å². The van der Waals surface area contributed by atoms with E-state index < -0.39 is 0 Å². The summed E-state index contributed by atoms with van der Waals surface area (Å²) in [6.07, 6.45) is 3.68. The fourth-order valence-corrected chi connectivity index (χ4v) is 4.25. The summed E-state index contributed by atoms with van der Waals surface area (Å²) < 4.78 is 5.12. The van der Waals surface area contributed by atoms with Gasteiger partial charge in [-0.25, -0.2) is 0 Å². The van der Waals surface area contributed by atoms with Crippen LogP contribution in [0.5, 0.6) is 0 Å². The highest BCUT2D eigenvalue weighted by Gasteiger charge is 2.24. The van der Waals surface area contributed by atoms with E-state index in [4.69, 9.17) is 9.73 Å². The Morgan fingerprint density at radius 2 is 2.15 bits per heavy atom. The maximum absolute atomic E-state index is 5.12. The van der Waals surface area contributed by atoms with Gasteiger partial charge in [0.15, 0.2) is 5.96 Å². The van der Waals surface area contributed by atoms with Gasteiger partial charge in [0, 0.05) is 44.8 Å². The molecule has 154 valence electrons. The largest absolute Gasteiger partial charge is 0.385 e. The van der Waals surface area contributed by atoms with Crippen LogP contribution < -0.4 is 10.6 Å². The van der Waals surface area contributed by atoms with Crippen LogP contribution in [-0.2, 0) is 4.74 Å². The van der Waals surface area contributed by atoms with Crippen LogP contribution >= 0.6 is 11.3 Å². The molecule has 1 saturated heterocycles. The van der Waals surface area contributed by atoms with Gasteiger partial charge in [0.2, 0.25) is 0 Å². The van der Waals surface area contributed by atoms with E-state index in [1.54, 1.807) is 7.11 Å². The van der Waals surface area contributed by atoms with Crippen molar-refractivity contribution in [2.75, 3.05) is 66.6 Å². The molecule has 1 aromatic rings. The molecule has 1 fully saturated rings. The first-order chi connectivity index (χ1) is 13.2. The molecular weight excluding hydrogens is 358 g/mol. The SMILES string of the molecule is CCNC(=NCC(c1cccs1)N1CCCC1)NCCN(C)CCCOC. The number of hydrogen-bond donors (Lipinski definition) is 2. The summed E-state index contributed by atoms with van der Waals surface area (Å²) in [5.41, 5.74) is 0. The average molecular weight is 396 g/mol. The lowest BCUT2D eigenvalue weighted by atomic mass is 10.2. The second-order valence-electron chi connectivity index (χ2n) is 7.07. The van der Waals surface area contributed by atoms with Crippen molar-refractivity contribution in [3.8, 4) is 0 Å². The third-order valence-corrected chi connectivity index (χ3v) is 5.87. The highest BCUT2D eigenvalue weighted by molar-refractivity contribution is 7.10. The molecule has 0 saturated carbocycles. The van der Waals surface area contributed by atoms with Crippen LogP contribution in [0, 0.1) is 0 Å². The molecule has 0 radical (unpaired) electrons. The second-order valence-corrected chi connectivity index (χ2v) is 8.05. The van der Waals surface area contributed by atoms with Crippen molar-refractivity contribution in [3.63, 3.8) is 0 Å². The molecule has 1 aliphatic rings. The fraction of sp³-hybridized carbons (Fsp3) is 0.750. The van der Waals surface area contributed by atoms with Crippen molar-refractivity contribution in [2.45, 2.75) is 32.2 Å². The highest BCUT2D eigenvalue weighted by Crippen LogP contribution is 2.28. The number of hydrogen-bond acceptors (Lipinski definition) is 5. The third-order valence-electron chi connectivity index (χ3n) is 4.89. The van der Waals surface area contributed by atoms with Gasteiger partial charge in [0.1, 0.15) is 0 Å². The Labute approximate surface area is 169 Å². The number of likely N-dealkylation sites (N-methyl/N-ethyl adjacent to an activating group) is 1. The molecule has 1 atom stereocenters. The first kappa shape index (κ1) is 22.1. The van der Waals surface area contributed by atoms with Crippen LogP contribution in [0.15, 0.2) is 22.5 Å². The van der Waals surface area contributed by atoms with Gasteiger partial charge in [0.25, 0.3) is 0 Å². The third kappa shape index (κ3) is 8.17. The monoisotopic (exact) mass is 395 g/mol. The van der Waals surface area contributed by atoms with Gasteiger partial charge < -0.3 is 20.3 Å². The first-order valence-corrected chi connectivity index (χ1v) is 11.1. The van der Waals surface area contributed by atoms with Crippen molar-refractivity contribution >= 4 is 17.3 Å². The zero-order valence-corrected chi connectivity index (χ0v) is 18.1. The molecule has 27 heavy (non-hydrogen) atoms. The van der Waals surface area contributed by atoms with E-state index in [9.17, 15) is 0 Å². The fourth-order valence-electron chi connectivity index (χ4n) is 3.39. The lowest BCUT2D eigenvalue weighted by Gasteiger charge is -2.25. The maximum atomic E-state index is 5.12. The summed E-state index contributed by atoms with van der Waals surface area (Å²) in [6, 6.07) is 4.80. The molecule has 1 aromatic heterocycles. The lowest BCUT2D eigenvalue weighted by molar-refractivity contribution is 0.180. The van der Waals surface area contributed by atoms with E-state index in [0.29, 0.717) is 6.04 Å². The molecule has 0 bridgehead atoms. The summed E-state index contributed by atoms with van der Waals surface area (Å²) in [4.78, 5) is 11.2. The Balaban J connectivity index is 1.84. The quantitative estimate of drug-likeness (QED) is 0.323. The van der Waals surface area contributed by atoms with E-state index in [-0.39, 0.29) is 0 Å². The summed E-state index contributed by atoms with van der Waals surface area (Å²) in [5, 5.41) is 9.04. The predicted molar refractivity (Wildman–Crippen MR) is 116 cm³/mol. The number of ether oxygens (including phenoxy) is 1. The first-order valence-electron chi connectivity index (χ1n) is 10.2. The van der Waals surface area contributed by atoms with E-state index >= 15 is 0 Å². The van der Waals surface area contributed by atoms with Crippen molar-refractivity contribution in [1.82, 2.24) is 20.4 Å². The minimum atomic E-state index is 0.402. The number of nitrogens with one attached hydrogen (secondary N) is 2. The number of rotatable bonds is 12. The molecule has 2 heterocycles. The Bertz CT molecular complexity index is 516. The van der Waals surface area contributed by atoms with Gasteiger partial charge >= 0.3 is 0 Å². The number of nitrogens with zero attached hydrogens (tertiary/aromatic N) is 3. The summed E-state index contributed by atoms with van der Waals surface area (Å²) >= 11 is 1.85. The smallest absolute Gasteiger partial charge is 0.191 e. The van der Waals surface area contributed by atoms with Crippen molar-refractivity contribution < 1.29 is 4.74 Å². The van der Waals surface area contributed by atoms with Gasteiger partial charge in [-0.15, -0.1) is 11.3 Å². The Kier molecular flexibility index (Phi) is 10.7. The van der Waals surface area contributed by atoms with Gasteiger partial charge in [-0.05, 0) is 57.8 Å². The molecule has 1 aliphatic heterocycles. The highest BCUT2D eigenvalue weighted by atomic mass is 32.1. The van der Waals surface area contributed by atoms with Gasteiger partial charge in [-0.3, -0.25) is 9.89 Å². The number of thiophene rings is 1. The number of guanidine groups is 1. The van der Waals surface area contributed by atoms with E-state index in [0.717, 1.165) is 51.7 Å². The molecule has 0 spiro atoms. The molecule has 0 aliphatic carbocycles. The van der Waals surface area contributed by atoms with Gasteiger partial charge in [-0.1, -0.05) is 6.07 Å². The second kappa shape index (κ2) is 13.1. The van der Waals surface area contributed by atoms with Gasteiger partial charge in [0.05, 0.1) is 12.6 Å². The summed E-state index contributed by atoms with van der Waals surface area (Å²) in [5.74, 6) is 0.920. The summed E-state index contributed by atoms with van der Waals surface area (Å²) in [7, 11) is 3.91. The van der Waals surface area contributed by atoms with E-state index in [1.807, 2.05) is 11.3 Å². The maximum Gasteiger partial charge on any atom is 0.191 e. The average Bonchev–Trinajstić information content (AvgIpc) is 3.36. The van der Waals surface area contributed by atoms with Crippen molar-refractivity contribution in [1.29, 1.82) is 0 Å². The van der Waals surface area contributed by atoms with Crippen LogP contribution in [0.4, 0.5) is 0 Å². The Morgan fingerprint density at radius 3 is 2.81 bits per heavy atom. The zero-order valence-electron chi connectivity index (χ0n) is 17.2. The van der Waals surface area contributed by atoms with E-state index in [2.05, 4.69) is 51.9 Å². The van der Waals surface area contributed by atoms with Crippen LogP contribution in [0.2, 0.25) is 0 Å². The minimum absolute atomic E-state index is 0.402. The number of aliphatic imine (C=N–C) groups is 1.